The fourth-order valence-electron chi connectivity index (χ4n) is 1.98. The average molecular weight is 232 g/mol. The normalized spacial score (nSPS) is 11.7. The van der Waals surface area contributed by atoms with Crippen LogP contribution in [-0.4, -0.2) is 19.1 Å². The lowest BCUT2D eigenvalue weighted by Crippen LogP contribution is -2.06. The van der Waals surface area contributed by atoms with Crippen LogP contribution in [0, 0.1) is 0 Å². The Morgan fingerprint density at radius 3 is 2.29 bits per heavy atom. The molecule has 2 heterocycles. The van der Waals surface area contributed by atoms with Crippen LogP contribution in [0.25, 0.3) is 11.4 Å². The van der Waals surface area contributed by atoms with Crippen molar-refractivity contribution in [2.75, 3.05) is 0 Å². The van der Waals surface area contributed by atoms with Crippen molar-refractivity contribution in [3.8, 4) is 11.4 Å². The molecule has 0 bridgehead atoms. The van der Waals surface area contributed by atoms with Crippen molar-refractivity contribution in [1.29, 1.82) is 0 Å². The van der Waals surface area contributed by atoms with Gasteiger partial charge in [-0.2, -0.15) is 0 Å². The zero-order valence-electron chi connectivity index (χ0n) is 11.2. The lowest BCUT2D eigenvalue weighted by Gasteiger charge is -2.12. The molecule has 0 aliphatic rings. The van der Waals surface area contributed by atoms with Gasteiger partial charge in [0, 0.05) is 25.2 Å². The highest BCUT2D eigenvalue weighted by atomic mass is 15.1. The quantitative estimate of drug-likeness (QED) is 0.815. The summed E-state index contributed by atoms with van der Waals surface area (Å²) >= 11 is 0. The van der Waals surface area contributed by atoms with E-state index in [1.807, 2.05) is 17.8 Å². The van der Waals surface area contributed by atoms with Crippen molar-refractivity contribution >= 4 is 0 Å². The molecule has 2 rings (SSSR count). The zero-order valence-corrected chi connectivity index (χ0v) is 11.2. The number of aryl methyl sites for hydroxylation is 1. The molecule has 0 saturated heterocycles. The van der Waals surface area contributed by atoms with Crippen molar-refractivity contribution in [2.24, 2.45) is 7.05 Å². The van der Waals surface area contributed by atoms with E-state index in [1.54, 1.807) is 6.33 Å². The van der Waals surface area contributed by atoms with Gasteiger partial charge in [0.25, 0.3) is 0 Å². The molecule has 0 aromatic carbocycles. The van der Waals surface area contributed by atoms with E-state index in [4.69, 9.17) is 4.98 Å². The van der Waals surface area contributed by atoms with E-state index in [2.05, 4.69) is 43.4 Å². The highest BCUT2D eigenvalue weighted by Gasteiger charge is 2.15. The van der Waals surface area contributed by atoms with Gasteiger partial charge in [0.05, 0.1) is 18.2 Å². The molecule has 17 heavy (non-hydrogen) atoms. The van der Waals surface area contributed by atoms with Gasteiger partial charge in [-0.05, 0) is 13.8 Å². The lowest BCUT2D eigenvalue weighted by molar-refractivity contribution is 0.550. The van der Waals surface area contributed by atoms with Crippen LogP contribution in [0.4, 0.5) is 0 Å². The fourth-order valence-corrected chi connectivity index (χ4v) is 1.98. The van der Waals surface area contributed by atoms with Crippen LogP contribution < -0.4 is 0 Å². The van der Waals surface area contributed by atoms with Crippen LogP contribution in [0.15, 0.2) is 18.7 Å². The Morgan fingerprint density at radius 1 is 1.18 bits per heavy atom. The molecule has 0 atom stereocenters. The predicted molar refractivity (Wildman–Crippen MR) is 68.9 cm³/mol. The molecule has 0 N–H and O–H groups in total. The Kier molecular flexibility index (Phi) is 3.05. The molecule has 0 saturated carbocycles. The van der Waals surface area contributed by atoms with E-state index in [9.17, 15) is 0 Å². The van der Waals surface area contributed by atoms with Gasteiger partial charge in [-0.1, -0.05) is 13.8 Å². The molecule has 0 aliphatic heterocycles. The van der Waals surface area contributed by atoms with Gasteiger partial charge < -0.3 is 9.13 Å². The first-order valence-electron chi connectivity index (χ1n) is 6.06. The molecular weight excluding hydrogens is 212 g/mol. The summed E-state index contributed by atoms with van der Waals surface area (Å²) < 4.78 is 4.24. The molecule has 92 valence electrons. The summed E-state index contributed by atoms with van der Waals surface area (Å²) in [5.74, 6) is 1.57. The average Bonchev–Trinajstić information content (AvgIpc) is 2.82. The van der Waals surface area contributed by atoms with Crippen LogP contribution in [0.1, 0.15) is 45.5 Å². The molecule has 0 amide bonds. The van der Waals surface area contributed by atoms with Crippen molar-refractivity contribution in [3.63, 3.8) is 0 Å². The SMILES string of the molecule is CC(C)c1nc(-c2cncn2C)cn1C(C)C. The zero-order chi connectivity index (χ0) is 12.6. The van der Waals surface area contributed by atoms with E-state index in [1.165, 1.54) is 0 Å². The van der Waals surface area contributed by atoms with Gasteiger partial charge >= 0.3 is 0 Å². The number of hydrogen-bond donors (Lipinski definition) is 0. The maximum Gasteiger partial charge on any atom is 0.112 e. The Balaban J connectivity index is 2.51. The molecule has 0 fully saturated rings. The first-order chi connectivity index (χ1) is 8.00. The summed E-state index contributed by atoms with van der Waals surface area (Å²) in [6.07, 6.45) is 5.78. The van der Waals surface area contributed by atoms with Crippen LogP contribution in [-0.2, 0) is 7.05 Å². The fraction of sp³-hybridized carbons (Fsp3) is 0.538. The molecule has 0 spiro atoms. The number of hydrogen-bond acceptors (Lipinski definition) is 2. The Hall–Kier alpha value is -1.58. The highest BCUT2D eigenvalue weighted by Crippen LogP contribution is 2.24. The smallest absolute Gasteiger partial charge is 0.112 e. The van der Waals surface area contributed by atoms with E-state index < -0.39 is 0 Å². The topological polar surface area (TPSA) is 35.6 Å². The summed E-state index contributed by atoms with van der Waals surface area (Å²) in [7, 11) is 1.99. The third kappa shape index (κ3) is 2.12. The second kappa shape index (κ2) is 4.35. The van der Waals surface area contributed by atoms with Crippen molar-refractivity contribution in [2.45, 2.75) is 39.7 Å². The van der Waals surface area contributed by atoms with Crippen LogP contribution in [0.3, 0.4) is 0 Å². The second-order valence-electron chi connectivity index (χ2n) is 5.03. The molecule has 0 radical (unpaired) electrons. The molecule has 0 unspecified atom stereocenters. The van der Waals surface area contributed by atoms with Gasteiger partial charge in [-0.15, -0.1) is 0 Å². The third-order valence-corrected chi connectivity index (χ3v) is 2.91. The number of aromatic nitrogens is 4. The van der Waals surface area contributed by atoms with Crippen molar-refractivity contribution in [3.05, 3.63) is 24.5 Å². The Morgan fingerprint density at radius 2 is 1.88 bits per heavy atom. The van der Waals surface area contributed by atoms with Gasteiger partial charge in [0.1, 0.15) is 11.5 Å². The van der Waals surface area contributed by atoms with Crippen LogP contribution >= 0.6 is 0 Å². The molecule has 4 nitrogen and oxygen atoms in total. The monoisotopic (exact) mass is 232 g/mol. The minimum absolute atomic E-state index is 0.430. The first kappa shape index (κ1) is 11.9. The van der Waals surface area contributed by atoms with Crippen molar-refractivity contribution < 1.29 is 0 Å². The third-order valence-electron chi connectivity index (χ3n) is 2.91. The van der Waals surface area contributed by atoms with Crippen LogP contribution in [0.5, 0.6) is 0 Å². The number of nitrogens with zero attached hydrogens (tertiary/aromatic N) is 4. The summed E-state index contributed by atoms with van der Waals surface area (Å²) in [6.45, 7) is 8.71. The lowest BCUT2D eigenvalue weighted by atomic mass is 10.2. The van der Waals surface area contributed by atoms with E-state index >= 15 is 0 Å². The minimum atomic E-state index is 0.430. The first-order valence-corrected chi connectivity index (χ1v) is 6.06. The van der Waals surface area contributed by atoms with Gasteiger partial charge in [-0.3, -0.25) is 0 Å². The second-order valence-corrected chi connectivity index (χ2v) is 5.03. The Bertz CT molecular complexity index is 480. The highest BCUT2D eigenvalue weighted by molar-refractivity contribution is 5.53. The van der Waals surface area contributed by atoms with E-state index in [0.717, 1.165) is 17.2 Å². The summed E-state index contributed by atoms with van der Waals surface area (Å²) in [6, 6.07) is 0.432. The maximum absolute atomic E-state index is 4.74. The summed E-state index contributed by atoms with van der Waals surface area (Å²) in [5.41, 5.74) is 2.06. The van der Waals surface area contributed by atoms with Gasteiger partial charge in [0.15, 0.2) is 0 Å². The number of rotatable bonds is 3. The van der Waals surface area contributed by atoms with Crippen LogP contribution in [0.2, 0.25) is 0 Å². The predicted octanol–water partition coefficient (Wildman–Crippen LogP) is 2.99. The van der Waals surface area contributed by atoms with E-state index in [-0.39, 0.29) is 0 Å². The molecule has 2 aromatic rings. The largest absolute Gasteiger partial charge is 0.332 e. The molecule has 2 aromatic heterocycles. The maximum atomic E-state index is 4.74. The summed E-state index contributed by atoms with van der Waals surface area (Å²) in [4.78, 5) is 8.88. The van der Waals surface area contributed by atoms with Crippen molar-refractivity contribution in [1.82, 2.24) is 19.1 Å². The number of imidazole rings is 2. The molecular formula is C13H20N4. The molecule has 0 aliphatic carbocycles. The minimum Gasteiger partial charge on any atom is -0.332 e. The van der Waals surface area contributed by atoms with Gasteiger partial charge in [-0.25, -0.2) is 9.97 Å². The van der Waals surface area contributed by atoms with Gasteiger partial charge in [0.2, 0.25) is 0 Å². The standard InChI is InChI=1S/C13H20N4/c1-9(2)13-15-11(7-17(13)10(3)4)12-6-14-8-16(12)5/h6-10H,1-5H3. The summed E-state index contributed by atoms with van der Waals surface area (Å²) in [5, 5.41) is 0. The van der Waals surface area contributed by atoms with E-state index in [0.29, 0.717) is 12.0 Å². The molecule has 4 heteroatoms. The Labute approximate surface area is 102 Å².